The van der Waals surface area contributed by atoms with Crippen molar-refractivity contribution < 1.29 is 31.1 Å². The molecule has 0 saturated carbocycles. The van der Waals surface area contributed by atoms with Crippen molar-refractivity contribution in [1.29, 1.82) is 0 Å². The average Bonchev–Trinajstić information content (AvgIpc) is 2.87. The van der Waals surface area contributed by atoms with Gasteiger partial charge in [0.15, 0.2) is 0 Å². The minimum atomic E-state index is -3.95. The zero-order valence-electron chi connectivity index (χ0n) is 22.5. The Labute approximate surface area is 230 Å². The van der Waals surface area contributed by atoms with Gasteiger partial charge in [0.25, 0.3) is 10.0 Å². The number of methoxy groups -OCH3 is 2. The molecule has 0 aromatic heterocycles. The number of carbonyl (C=O) groups excluding carboxylic acids is 1. The summed E-state index contributed by atoms with van der Waals surface area (Å²) < 4.78 is 64.8. The van der Waals surface area contributed by atoms with E-state index in [9.17, 15) is 21.6 Å². The molecule has 0 aliphatic carbocycles. The predicted octanol–water partition coefficient (Wildman–Crippen LogP) is 4.31. The van der Waals surface area contributed by atoms with E-state index in [1.165, 1.54) is 48.9 Å². The number of nitrogens with one attached hydrogen (secondary N) is 2. The monoisotopic (exact) mass is 575 g/mol. The second kappa shape index (κ2) is 12.4. The molecule has 0 heterocycles. The third kappa shape index (κ3) is 7.87. The highest BCUT2D eigenvalue weighted by molar-refractivity contribution is 7.92. The van der Waals surface area contributed by atoms with Crippen LogP contribution in [0.25, 0.3) is 0 Å². The molecule has 2 N–H and O–H groups in total. The third-order valence-electron chi connectivity index (χ3n) is 5.90. The Balaban J connectivity index is 1.63. The Hall–Kier alpha value is -3.77. The van der Waals surface area contributed by atoms with Crippen LogP contribution in [0, 0.1) is 13.8 Å². The number of anilines is 3. The molecule has 3 aromatic rings. The number of amides is 1. The second-order valence-electron chi connectivity index (χ2n) is 8.97. The summed E-state index contributed by atoms with van der Waals surface area (Å²) in [5.41, 5.74) is 2.98. The molecule has 10 nitrogen and oxygen atoms in total. The molecule has 39 heavy (non-hydrogen) atoms. The van der Waals surface area contributed by atoms with E-state index in [-0.39, 0.29) is 29.5 Å². The maximum Gasteiger partial charge on any atom is 0.262 e. The molecular weight excluding hydrogens is 542 g/mol. The van der Waals surface area contributed by atoms with E-state index in [2.05, 4.69) is 10.0 Å². The summed E-state index contributed by atoms with van der Waals surface area (Å²) in [6.45, 7) is 3.87. The summed E-state index contributed by atoms with van der Waals surface area (Å²) in [5, 5.41) is 2.72. The Kier molecular flexibility index (Phi) is 9.46. The van der Waals surface area contributed by atoms with Crippen molar-refractivity contribution in [3.05, 3.63) is 71.8 Å². The van der Waals surface area contributed by atoms with Crippen LogP contribution in [0.15, 0.2) is 65.6 Å². The van der Waals surface area contributed by atoms with Gasteiger partial charge in [0.1, 0.15) is 11.5 Å². The first-order valence-electron chi connectivity index (χ1n) is 12.0. The van der Waals surface area contributed by atoms with E-state index in [1.807, 2.05) is 32.0 Å². The van der Waals surface area contributed by atoms with Gasteiger partial charge in [0.2, 0.25) is 15.9 Å². The molecule has 0 aliphatic heterocycles. The fourth-order valence-electron chi connectivity index (χ4n) is 3.87. The number of rotatable bonds is 12. The van der Waals surface area contributed by atoms with E-state index < -0.39 is 20.0 Å². The average molecular weight is 576 g/mol. The van der Waals surface area contributed by atoms with E-state index in [0.717, 1.165) is 17.4 Å². The third-order valence-corrected chi connectivity index (χ3v) is 8.46. The topological polar surface area (TPSA) is 131 Å². The number of ether oxygens (including phenoxy) is 2. The van der Waals surface area contributed by atoms with Crippen molar-refractivity contribution in [2.45, 2.75) is 31.6 Å². The van der Waals surface area contributed by atoms with Crippen LogP contribution in [-0.2, 0) is 24.8 Å². The molecule has 0 atom stereocenters. The standard InChI is InChI=1S/C27H33N3O7S2/c1-19-8-9-20(2)25(17-19)30(38(5,32)33)16-6-7-27(31)28-21-10-13-23(14-11-21)39(34,35)29-24-18-22(36-3)12-15-26(24)37-4/h8-15,17-18,29H,6-7,16H2,1-5H3,(H,28,31). The van der Waals surface area contributed by atoms with Gasteiger partial charge < -0.3 is 14.8 Å². The molecule has 3 rings (SSSR count). The van der Waals surface area contributed by atoms with Crippen molar-refractivity contribution in [3.8, 4) is 11.5 Å². The smallest absolute Gasteiger partial charge is 0.262 e. The van der Waals surface area contributed by atoms with Gasteiger partial charge in [0, 0.05) is 24.7 Å². The lowest BCUT2D eigenvalue weighted by Gasteiger charge is -2.24. The van der Waals surface area contributed by atoms with Crippen LogP contribution in [0.1, 0.15) is 24.0 Å². The molecule has 0 fully saturated rings. The maximum absolute atomic E-state index is 12.9. The molecule has 1 amide bonds. The van der Waals surface area contributed by atoms with Crippen molar-refractivity contribution in [3.63, 3.8) is 0 Å². The molecule has 0 saturated heterocycles. The number of sulfonamides is 2. The van der Waals surface area contributed by atoms with Crippen LogP contribution < -0.4 is 23.8 Å². The largest absolute Gasteiger partial charge is 0.497 e. The molecule has 0 unspecified atom stereocenters. The first kappa shape index (κ1) is 29.8. The van der Waals surface area contributed by atoms with Crippen LogP contribution in [0.2, 0.25) is 0 Å². The lowest BCUT2D eigenvalue weighted by Crippen LogP contribution is -2.32. The Morgan fingerprint density at radius 2 is 1.59 bits per heavy atom. The molecule has 0 aliphatic rings. The maximum atomic E-state index is 12.9. The van der Waals surface area contributed by atoms with Gasteiger partial charge in [-0.25, -0.2) is 16.8 Å². The molecule has 3 aromatic carbocycles. The molecule has 0 radical (unpaired) electrons. The van der Waals surface area contributed by atoms with E-state index in [4.69, 9.17) is 9.47 Å². The molecule has 210 valence electrons. The van der Waals surface area contributed by atoms with Gasteiger partial charge in [-0.05, 0) is 73.9 Å². The van der Waals surface area contributed by atoms with Gasteiger partial charge in [-0.15, -0.1) is 0 Å². The Bertz CT molecular complexity index is 1540. The van der Waals surface area contributed by atoms with E-state index in [1.54, 1.807) is 12.1 Å². The lowest BCUT2D eigenvalue weighted by atomic mass is 10.1. The van der Waals surface area contributed by atoms with Crippen molar-refractivity contribution >= 4 is 43.0 Å². The highest BCUT2D eigenvalue weighted by Gasteiger charge is 2.20. The predicted molar refractivity (Wildman–Crippen MR) is 153 cm³/mol. The van der Waals surface area contributed by atoms with Crippen molar-refractivity contribution in [2.24, 2.45) is 0 Å². The van der Waals surface area contributed by atoms with Crippen LogP contribution >= 0.6 is 0 Å². The summed E-state index contributed by atoms with van der Waals surface area (Å²) in [7, 11) is -4.59. The van der Waals surface area contributed by atoms with Crippen molar-refractivity contribution in [2.75, 3.05) is 41.4 Å². The lowest BCUT2D eigenvalue weighted by molar-refractivity contribution is -0.116. The number of hydrogen-bond donors (Lipinski definition) is 2. The summed E-state index contributed by atoms with van der Waals surface area (Å²) in [6, 6.07) is 16.0. The normalized spacial score (nSPS) is 11.5. The number of nitrogens with zero attached hydrogens (tertiary/aromatic N) is 1. The van der Waals surface area contributed by atoms with Gasteiger partial charge in [-0.1, -0.05) is 12.1 Å². The zero-order chi connectivity index (χ0) is 28.8. The summed E-state index contributed by atoms with van der Waals surface area (Å²) in [6.07, 6.45) is 1.52. The quantitative estimate of drug-likeness (QED) is 0.329. The van der Waals surface area contributed by atoms with E-state index >= 15 is 0 Å². The Morgan fingerprint density at radius 3 is 2.21 bits per heavy atom. The summed E-state index contributed by atoms with van der Waals surface area (Å²) in [4.78, 5) is 12.5. The Morgan fingerprint density at radius 1 is 0.897 bits per heavy atom. The van der Waals surface area contributed by atoms with Gasteiger partial charge in [-0.3, -0.25) is 13.8 Å². The van der Waals surface area contributed by atoms with Crippen LogP contribution in [0.5, 0.6) is 11.5 Å². The first-order valence-corrected chi connectivity index (χ1v) is 15.4. The van der Waals surface area contributed by atoms with Crippen LogP contribution in [-0.4, -0.2) is 49.8 Å². The minimum absolute atomic E-state index is 0.0114. The van der Waals surface area contributed by atoms with E-state index in [0.29, 0.717) is 29.3 Å². The second-order valence-corrected chi connectivity index (χ2v) is 12.6. The number of hydrogen-bond acceptors (Lipinski definition) is 7. The minimum Gasteiger partial charge on any atom is -0.497 e. The number of benzene rings is 3. The summed E-state index contributed by atoms with van der Waals surface area (Å²) in [5.74, 6) is 0.467. The molecule has 0 spiro atoms. The van der Waals surface area contributed by atoms with Crippen molar-refractivity contribution in [1.82, 2.24) is 0 Å². The zero-order valence-corrected chi connectivity index (χ0v) is 24.1. The molecular formula is C27H33N3O7S2. The highest BCUT2D eigenvalue weighted by atomic mass is 32.2. The molecule has 12 heteroatoms. The fourth-order valence-corrected chi connectivity index (χ4v) is 5.95. The highest BCUT2D eigenvalue weighted by Crippen LogP contribution is 2.31. The summed E-state index contributed by atoms with van der Waals surface area (Å²) >= 11 is 0. The first-order chi connectivity index (χ1) is 18.3. The fraction of sp³-hybridized carbons (Fsp3) is 0.296. The van der Waals surface area contributed by atoms with Crippen LogP contribution in [0.3, 0.4) is 0 Å². The number of aryl methyl sites for hydroxylation is 2. The SMILES string of the molecule is COc1ccc(OC)c(NS(=O)(=O)c2ccc(NC(=O)CCCN(c3cc(C)ccc3C)S(C)(=O)=O)cc2)c1. The van der Waals surface area contributed by atoms with Crippen LogP contribution in [0.4, 0.5) is 17.1 Å². The number of carbonyl (C=O) groups is 1. The van der Waals surface area contributed by atoms with Gasteiger partial charge in [-0.2, -0.15) is 0 Å². The molecule has 0 bridgehead atoms. The van der Waals surface area contributed by atoms with Gasteiger partial charge >= 0.3 is 0 Å². The van der Waals surface area contributed by atoms with Gasteiger partial charge in [0.05, 0.1) is 36.7 Å².